The van der Waals surface area contributed by atoms with E-state index in [-0.39, 0.29) is 11.3 Å². The van der Waals surface area contributed by atoms with Crippen LogP contribution in [0.1, 0.15) is 49.4 Å². The molecule has 28 heavy (non-hydrogen) atoms. The topological polar surface area (TPSA) is 38.8 Å². The number of carbonyl (C=O) groups is 1. The van der Waals surface area contributed by atoms with Crippen LogP contribution in [0, 0.1) is 0 Å². The normalized spacial score (nSPS) is 13.8. The minimum atomic E-state index is 0.152. The molecule has 2 aromatic carbocycles. The van der Waals surface area contributed by atoms with Gasteiger partial charge in [-0.15, -0.1) is 0 Å². The maximum atomic E-state index is 12.8. The molecule has 0 bridgehead atoms. The third kappa shape index (κ3) is 4.49. The number of carbonyl (C=O) groups excluding carboxylic acids is 1. The summed E-state index contributed by atoms with van der Waals surface area (Å²) in [4.78, 5) is 14.7. The molecule has 4 heteroatoms. The second kappa shape index (κ2) is 8.26. The van der Waals surface area contributed by atoms with Gasteiger partial charge in [-0.2, -0.15) is 0 Å². The second-order valence-electron chi connectivity index (χ2n) is 8.49. The van der Waals surface area contributed by atoms with Gasteiger partial charge in [-0.1, -0.05) is 45.0 Å². The van der Waals surface area contributed by atoms with Crippen molar-refractivity contribution in [2.45, 2.75) is 52.0 Å². The molecule has 0 unspecified atom stereocenters. The minimum absolute atomic E-state index is 0.152. The molecule has 150 valence electrons. The van der Waals surface area contributed by atoms with Gasteiger partial charge in [-0.3, -0.25) is 4.79 Å². The monoisotopic (exact) mass is 381 g/mol. The fraction of sp³-hybridized carbons (Fsp3) is 0.458. The van der Waals surface area contributed by atoms with Gasteiger partial charge < -0.3 is 14.4 Å². The summed E-state index contributed by atoms with van der Waals surface area (Å²) in [5.74, 6) is 1.68. The Morgan fingerprint density at radius 1 is 1.00 bits per heavy atom. The zero-order valence-corrected chi connectivity index (χ0v) is 17.7. The first-order chi connectivity index (χ1) is 13.3. The quantitative estimate of drug-likeness (QED) is 0.764. The highest BCUT2D eigenvalue weighted by Crippen LogP contribution is 2.33. The summed E-state index contributed by atoms with van der Waals surface area (Å²) < 4.78 is 10.8. The van der Waals surface area contributed by atoms with Crippen LogP contribution in [0.3, 0.4) is 0 Å². The third-order valence-corrected chi connectivity index (χ3v) is 5.52. The highest BCUT2D eigenvalue weighted by Gasteiger charge is 2.22. The maximum Gasteiger partial charge on any atom is 0.223 e. The second-order valence-corrected chi connectivity index (χ2v) is 8.49. The van der Waals surface area contributed by atoms with Gasteiger partial charge in [-0.25, -0.2) is 0 Å². The number of hydrogen-bond acceptors (Lipinski definition) is 3. The Bertz CT molecular complexity index is 834. The average Bonchev–Trinajstić information content (AvgIpc) is 2.70. The van der Waals surface area contributed by atoms with Crippen molar-refractivity contribution in [3.05, 3.63) is 58.7 Å². The highest BCUT2D eigenvalue weighted by atomic mass is 16.5. The third-order valence-electron chi connectivity index (χ3n) is 5.52. The predicted octanol–water partition coefficient (Wildman–Crippen LogP) is 4.52. The summed E-state index contributed by atoms with van der Waals surface area (Å²) in [5.41, 5.74) is 5.07. The zero-order chi connectivity index (χ0) is 20.3. The van der Waals surface area contributed by atoms with Gasteiger partial charge in [0.05, 0.1) is 14.2 Å². The number of benzene rings is 2. The van der Waals surface area contributed by atoms with E-state index in [1.807, 2.05) is 17.0 Å². The number of rotatable bonds is 5. The van der Waals surface area contributed by atoms with E-state index in [0.717, 1.165) is 36.4 Å². The number of hydrogen-bond donors (Lipinski definition) is 0. The van der Waals surface area contributed by atoms with Gasteiger partial charge in [-0.05, 0) is 52.6 Å². The molecule has 0 saturated heterocycles. The molecule has 2 aromatic rings. The Morgan fingerprint density at radius 3 is 2.18 bits per heavy atom. The van der Waals surface area contributed by atoms with Crippen LogP contribution in [0.25, 0.3) is 0 Å². The van der Waals surface area contributed by atoms with E-state index >= 15 is 0 Å². The van der Waals surface area contributed by atoms with Crippen molar-refractivity contribution >= 4 is 5.91 Å². The smallest absolute Gasteiger partial charge is 0.223 e. The van der Waals surface area contributed by atoms with E-state index in [4.69, 9.17) is 9.47 Å². The standard InChI is InChI=1S/C24H31NO3/c1-24(2,3)20-9-6-17(7-10-20)8-11-23(26)25-13-12-18-14-21(27-4)22(28-5)15-19(18)16-25/h6-7,9-10,14-15H,8,11-13,16H2,1-5H3. The van der Waals surface area contributed by atoms with Crippen LogP contribution >= 0.6 is 0 Å². The van der Waals surface area contributed by atoms with Crippen LogP contribution in [0.4, 0.5) is 0 Å². The molecule has 1 aliphatic heterocycles. The van der Waals surface area contributed by atoms with Crippen molar-refractivity contribution in [2.75, 3.05) is 20.8 Å². The molecule has 1 heterocycles. The number of methoxy groups -OCH3 is 2. The maximum absolute atomic E-state index is 12.8. The molecule has 0 aromatic heterocycles. The van der Waals surface area contributed by atoms with E-state index < -0.39 is 0 Å². The van der Waals surface area contributed by atoms with Crippen molar-refractivity contribution in [2.24, 2.45) is 0 Å². The van der Waals surface area contributed by atoms with Crippen LogP contribution < -0.4 is 9.47 Å². The summed E-state index contributed by atoms with van der Waals surface area (Å²) >= 11 is 0. The van der Waals surface area contributed by atoms with E-state index in [2.05, 4.69) is 45.0 Å². The molecule has 4 nitrogen and oxygen atoms in total. The van der Waals surface area contributed by atoms with Crippen molar-refractivity contribution in [3.8, 4) is 11.5 Å². The summed E-state index contributed by atoms with van der Waals surface area (Å²) in [6.45, 7) is 8.03. The van der Waals surface area contributed by atoms with Gasteiger partial charge in [0.2, 0.25) is 5.91 Å². The molecule has 0 radical (unpaired) electrons. The molecule has 1 amide bonds. The Labute approximate surface area is 168 Å². The van der Waals surface area contributed by atoms with Crippen molar-refractivity contribution in [1.82, 2.24) is 4.90 Å². The van der Waals surface area contributed by atoms with Gasteiger partial charge in [0.15, 0.2) is 11.5 Å². The predicted molar refractivity (Wildman–Crippen MR) is 112 cm³/mol. The summed E-state index contributed by atoms with van der Waals surface area (Å²) in [6.07, 6.45) is 2.16. The number of amides is 1. The minimum Gasteiger partial charge on any atom is -0.493 e. The summed E-state index contributed by atoms with van der Waals surface area (Å²) in [5, 5.41) is 0. The first-order valence-corrected chi connectivity index (χ1v) is 9.93. The molecule has 0 atom stereocenters. The molecule has 0 fully saturated rings. The summed E-state index contributed by atoms with van der Waals surface area (Å²) in [7, 11) is 3.29. The first kappa shape index (κ1) is 20.2. The van der Waals surface area contributed by atoms with Gasteiger partial charge >= 0.3 is 0 Å². The lowest BCUT2D eigenvalue weighted by Crippen LogP contribution is -2.36. The molecular formula is C24H31NO3. The number of nitrogens with zero attached hydrogens (tertiary/aromatic N) is 1. The lowest BCUT2D eigenvalue weighted by Gasteiger charge is -2.29. The Morgan fingerprint density at radius 2 is 1.61 bits per heavy atom. The zero-order valence-electron chi connectivity index (χ0n) is 17.7. The van der Waals surface area contributed by atoms with E-state index in [0.29, 0.717) is 13.0 Å². The number of aryl methyl sites for hydroxylation is 1. The SMILES string of the molecule is COc1cc2c(cc1OC)CN(C(=O)CCc1ccc(C(C)(C)C)cc1)CC2. The lowest BCUT2D eigenvalue weighted by molar-refractivity contribution is -0.132. The number of fused-ring (bicyclic) bond motifs is 1. The molecule has 0 spiro atoms. The fourth-order valence-corrected chi connectivity index (χ4v) is 3.68. The van der Waals surface area contributed by atoms with Crippen LogP contribution in [0.15, 0.2) is 36.4 Å². The summed E-state index contributed by atoms with van der Waals surface area (Å²) in [6, 6.07) is 12.7. The molecule has 0 N–H and O–H groups in total. The largest absolute Gasteiger partial charge is 0.493 e. The van der Waals surface area contributed by atoms with Crippen molar-refractivity contribution in [1.29, 1.82) is 0 Å². The number of ether oxygens (including phenoxy) is 2. The average molecular weight is 382 g/mol. The Kier molecular flexibility index (Phi) is 5.97. The molecular weight excluding hydrogens is 350 g/mol. The van der Waals surface area contributed by atoms with Crippen molar-refractivity contribution in [3.63, 3.8) is 0 Å². The highest BCUT2D eigenvalue weighted by molar-refractivity contribution is 5.77. The van der Waals surface area contributed by atoms with Gasteiger partial charge in [0, 0.05) is 19.5 Å². The van der Waals surface area contributed by atoms with Crippen LogP contribution in [-0.2, 0) is 29.6 Å². The van der Waals surface area contributed by atoms with E-state index in [1.165, 1.54) is 16.7 Å². The van der Waals surface area contributed by atoms with Crippen LogP contribution in [-0.4, -0.2) is 31.6 Å². The first-order valence-electron chi connectivity index (χ1n) is 9.93. The van der Waals surface area contributed by atoms with Gasteiger partial charge in [0.1, 0.15) is 0 Å². The van der Waals surface area contributed by atoms with E-state index in [1.54, 1.807) is 14.2 Å². The Hall–Kier alpha value is -2.49. The van der Waals surface area contributed by atoms with Crippen LogP contribution in [0.5, 0.6) is 11.5 Å². The Balaban J connectivity index is 1.62. The van der Waals surface area contributed by atoms with Crippen LogP contribution in [0.2, 0.25) is 0 Å². The van der Waals surface area contributed by atoms with Crippen molar-refractivity contribution < 1.29 is 14.3 Å². The molecule has 0 saturated carbocycles. The molecule has 0 aliphatic carbocycles. The van der Waals surface area contributed by atoms with E-state index in [9.17, 15) is 4.79 Å². The fourth-order valence-electron chi connectivity index (χ4n) is 3.68. The van der Waals surface area contributed by atoms with Gasteiger partial charge in [0.25, 0.3) is 0 Å². The molecule has 3 rings (SSSR count). The lowest BCUT2D eigenvalue weighted by atomic mass is 9.86. The molecule has 1 aliphatic rings.